The van der Waals surface area contributed by atoms with E-state index in [0.29, 0.717) is 13.1 Å². The zero-order valence-corrected chi connectivity index (χ0v) is 17.2. The number of hydrogen-bond acceptors (Lipinski definition) is 5. The number of oxazole rings is 1. The van der Waals surface area contributed by atoms with Crippen molar-refractivity contribution < 1.29 is 22.0 Å². The van der Waals surface area contributed by atoms with Crippen molar-refractivity contribution in [3.8, 4) is 0 Å². The van der Waals surface area contributed by atoms with Gasteiger partial charge in [-0.3, -0.25) is 9.36 Å². The molecule has 3 aromatic rings. The lowest BCUT2D eigenvalue weighted by molar-refractivity contribution is -0.116. The molecule has 0 saturated carbocycles. The Kier molecular flexibility index (Phi) is 5.39. The number of carbonyl (C=O) groups is 1. The fourth-order valence-corrected chi connectivity index (χ4v) is 5.05. The summed E-state index contributed by atoms with van der Waals surface area (Å²) in [7, 11) is -3.68. The fourth-order valence-electron chi connectivity index (χ4n) is 3.36. The normalized spacial score (nSPS) is 15.0. The predicted molar refractivity (Wildman–Crippen MR) is 109 cm³/mol. The summed E-state index contributed by atoms with van der Waals surface area (Å²) in [6, 6.07) is 7.84. The molecular formula is C19H17ClFN3O5S. The van der Waals surface area contributed by atoms with Gasteiger partial charge in [0.05, 0.1) is 16.1 Å². The van der Waals surface area contributed by atoms with Crippen LogP contribution in [0.1, 0.15) is 12.8 Å². The highest BCUT2D eigenvalue weighted by molar-refractivity contribution is 7.89. The number of nitrogens with zero attached hydrogens (tertiary/aromatic N) is 2. The van der Waals surface area contributed by atoms with Gasteiger partial charge in [-0.05, 0) is 43.2 Å². The lowest BCUT2D eigenvalue weighted by atomic mass is 10.3. The molecule has 1 aliphatic rings. The SMILES string of the molecule is O=C(Cn1c(=O)oc2cc(S(=O)(=O)N3CCCC3)ccc21)Nc1ccc(Cl)cc1F. The van der Waals surface area contributed by atoms with Gasteiger partial charge < -0.3 is 9.73 Å². The maximum absolute atomic E-state index is 13.9. The van der Waals surface area contributed by atoms with E-state index < -0.39 is 34.0 Å². The third-order valence-corrected chi connectivity index (χ3v) is 6.98. The topological polar surface area (TPSA) is 102 Å². The quantitative estimate of drug-likeness (QED) is 0.640. The number of halogens is 2. The number of sulfonamides is 1. The summed E-state index contributed by atoms with van der Waals surface area (Å²) in [4.78, 5) is 24.5. The van der Waals surface area contributed by atoms with Gasteiger partial charge in [0.2, 0.25) is 15.9 Å². The molecule has 11 heteroatoms. The molecule has 158 valence electrons. The second-order valence-electron chi connectivity index (χ2n) is 6.87. The number of nitrogens with one attached hydrogen (secondary N) is 1. The molecule has 1 saturated heterocycles. The smallest absolute Gasteiger partial charge is 0.408 e. The number of hydrogen-bond donors (Lipinski definition) is 1. The molecule has 2 aromatic carbocycles. The van der Waals surface area contributed by atoms with Gasteiger partial charge in [0.25, 0.3) is 0 Å². The Hall–Kier alpha value is -2.69. The van der Waals surface area contributed by atoms with Crippen molar-refractivity contribution in [2.45, 2.75) is 24.3 Å². The lowest BCUT2D eigenvalue weighted by Crippen LogP contribution is -2.27. The van der Waals surface area contributed by atoms with E-state index in [9.17, 15) is 22.4 Å². The van der Waals surface area contributed by atoms with Gasteiger partial charge in [-0.25, -0.2) is 17.6 Å². The Bertz CT molecular complexity index is 1300. The molecule has 0 unspecified atom stereocenters. The van der Waals surface area contributed by atoms with E-state index in [1.807, 2.05) is 0 Å². The number of fused-ring (bicyclic) bond motifs is 1. The highest BCUT2D eigenvalue weighted by Crippen LogP contribution is 2.24. The van der Waals surface area contributed by atoms with Gasteiger partial charge in [-0.15, -0.1) is 0 Å². The molecule has 1 aliphatic heterocycles. The number of aromatic nitrogens is 1. The van der Waals surface area contributed by atoms with Crippen molar-refractivity contribution in [1.82, 2.24) is 8.87 Å². The molecule has 0 atom stereocenters. The van der Waals surface area contributed by atoms with Crippen molar-refractivity contribution in [2.75, 3.05) is 18.4 Å². The van der Waals surface area contributed by atoms with Crippen molar-refractivity contribution >= 4 is 44.3 Å². The summed E-state index contributed by atoms with van der Waals surface area (Å²) < 4.78 is 46.8. The second kappa shape index (κ2) is 7.86. The van der Waals surface area contributed by atoms with Crippen molar-refractivity contribution in [3.63, 3.8) is 0 Å². The maximum atomic E-state index is 13.9. The van der Waals surface area contributed by atoms with Gasteiger partial charge in [0, 0.05) is 24.2 Å². The number of carbonyl (C=O) groups excluding carboxylic acids is 1. The molecule has 1 amide bonds. The molecule has 0 bridgehead atoms. The first-order valence-electron chi connectivity index (χ1n) is 9.14. The van der Waals surface area contributed by atoms with Crippen LogP contribution in [0.25, 0.3) is 11.1 Å². The van der Waals surface area contributed by atoms with E-state index in [-0.39, 0.29) is 26.7 Å². The van der Waals surface area contributed by atoms with Gasteiger partial charge in [0.15, 0.2) is 5.58 Å². The minimum Gasteiger partial charge on any atom is -0.408 e. The van der Waals surface area contributed by atoms with Gasteiger partial charge in [0.1, 0.15) is 12.4 Å². The van der Waals surface area contributed by atoms with Crippen LogP contribution < -0.4 is 11.1 Å². The first kappa shape index (κ1) is 20.6. The highest BCUT2D eigenvalue weighted by Gasteiger charge is 2.28. The van der Waals surface area contributed by atoms with Crippen LogP contribution >= 0.6 is 11.6 Å². The molecule has 2 heterocycles. The highest BCUT2D eigenvalue weighted by atomic mass is 35.5. The Morgan fingerprint density at radius 3 is 2.60 bits per heavy atom. The zero-order chi connectivity index (χ0) is 21.5. The Labute approximate surface area is 175 Å². The van der Waals surface area contributed by atoms with Gasteiger partial charge in [-0.1, -0.05) is 11.6 Å². The van der Waals surface area contributed by atoms with Crippen LogP contribution in [0.4, 0.5) is 10.1 Å². The number of amides is 1. The summed E-state index contributed by atoms with van der Waals surface area (Å²) in [6.07, 6.45) is 1.60. The summed E-state index contributed by atoms with van der Waals surface area (Å²) in [5.41, 5.74) is 0.224. The van der Waals surface area contributed by atoms with E-state index in [4.69, 9.17) is 16.0 Å². The number of benzene rings is 2. The van der Waals surface area contributed by atoms with Gasteiger partial charge >= 0.3 is 5.76 Å². The van der Waals surface area contributed by atoms with E-state index in [0.717, 1.165) is 23.5 Å². The van der Waals surface area contributed by atoms with Crippen LogP contribution in [0.5, 0.6) is 0 Å². The Morgan fingerprint density at radius 1 is 1.17 bits per heavy atom. The summed E-state index contributed by atoms with van der Waals surface area (Å²) >= 11 is 5.68. The third kappa shape index (κ3) is 3.85. The number of rotatable bonds is 5. The molecular weight excluding hydrogens is 437 g/mol. The molecule has 8 nitrogen and oxygen atoms in total. The van der Waals surface area contributed by atoms with E-state index >= 15 is 0 Å². The van der Waals surface area contributed by atoms with E-state index in [1.165, 1.54) is 34.6 Å². The molecule has 1 aromatic heterocycles. The largest absolute Gasteiger partial charge is 0.420 e. The monoisotopic (exact) mass is 453 g/mol. The molecule has 0 aliphatic carbocycles. The molecule has 0 radical (unpaired) electrons. The zero-order valence-electron chi connectivity index (χ0n) is 15.6. The fraction of sp³-hybridized carbons (Fsp3) is 0.263. The third-order valence-electron chi connectivity index (χ3n) is 4.85. The Balaban J connectivity index is 1.60. The first-order chi connectivity index (χ1) is 14.3. The van der Waals surface area contributed by atoms with Crippen LogP contribution in [0.15, 0.2) is 50.5 Å². The van der Waals surface area contributed by atoms with Crippen LogP contribution in [-0.4, -0.2) is 36.3 Å². The first-order valence-corrected chi connectivity index (χ1v) is 11.0. The van der Waals surface area contributed by atoms with Crippen LogP contribution in [-0.2, 0) is 21.4 Å². The molecule has 0 spiro atoms. The van der Waals surface area contributed by atoms with Crippen LogP contribution in [0.3, 0.4) is 0 Å². The van der Waals surface area contributed by atoms with Crippen LogP contribution in [0, 0.1) is 5.82 Å². The molecule has 1 N–H and O–H groups in total. The van der Waals surface area contributed by atoms with Crippen molar-refractivity contribution in [2.24, 2.45) is 0 Å². The average molecular weight is 454 g/mol. The molecule has 4 rings (SSSR count). The second-order valence-corrected chi connectivity index (χ2v) is 9.24. The van der Waals surface area contributed by atoms with E-state index in [2.05, 4.69) is 5.32 Å². The minimum atomic E-state index is -3.68. The predicted octanol–water partition coefficient (Wildman–Crippen LogP) is 2.81. The van der Waals surface area contributed by atoms with Crippen molar-refractivity contribution in [1.29, 1.82) is 0 Å². The number of anilines is 1. The van der Waals surface area contributed by atoms with Crippen LogP contribution in [0.2, 0.25) is 5.02 Å². The Morgan fingerprint density at radius 2 is 1.90 bits per heavy atom. The summed E-state index contributed by atoms with van der Waals surface area (Å²) in [5.74, 6) is -2.20. The average Bonchev–Trinajstić information content (AvgIpc) is 3.33. The summed E-state index contributed by atoms with van der Waals surface area (Å²) in [6.45, 7) is 0.464. The van der Waals surface area contributed by atoms with E-state index in [1.54, 1.807) is 0 Å². The maximum Gasteiger partial charge on any atom is 0.420 e. The molecule has 30 heavy (non-hydrogen) atoms. The minimum absolute atomic E-state index is 0.0190. The van der Waals surface area contributed by atoms with Crippen molar-refractivity contribution in [3.05, 3.63) is 57.8 Å². The molecule has 1 fully saturated rings. The standard InChI is InChI=1S/C19H17ClFN3O5S/c20-12-3-5-15(14(21)9-12)22-18(25)11-24-16-6-4-13(10-17(16)29-19(24)26)30(27,28)23-7-1-2-8-23/h3-6,9-10H,1-2,7-8,11H2,(H,22,25). The lowest BCUT2D eigenvalue weighted by Gasteiger charge is -2.15. The summed E-state index contributed by atoms with van der Waals surface area (Å²) in [5, 5.41) is 2.55. The van der Waals surface area contributed by atoms with Gasteiger partial charge in [-0.2, -0.15) is 4.31 Å².